The number of tetrazole rings is 1. The fraction of sp³-hybridized carbons (Fsp3) is 0.385. The molecule has 0 atom stereocenters. The number of carbonyl (C=O) groups is 1. The van der Waals surface area contributed by atoms with Gasteiger partial charge >= 0.3 is 0 Å². The van der Waals surface area contributed by atoms with E-state index in [0.717, 1.165) is 24.1 Å². The Morgan fingerprint density at radius 3 is 2.95 bits per heavy atom. The van der Waals surface area contributed by atoms with Gasteiger partial charge in [-0.05, 0) is 41.9 Å². The molecule has 0 spiro atoms. The van der Waals surface area contributed by atoms with Crippen LogP contribution >= 0.6 is 0 Å². The molecule has 20 heavy (non-hydrogen) atoms. The van der Waals surface area contributed by atoms with Crippen LogP contribution in [0.4, 0.5) is 5.69 Å². The first-order valence-electron chi connectivity index (χ1n) is 6.53. The van der Waals surface area contributed by atoms with Gasteiger partial charge < -0.3 is 11.1 Å². The predicted molar refractivity (Wildman–Crippen MR) is 75.8 cm³/mol. The molecule has 1 aromatic heterocycles. The molecule has 0 radical (unpaired) electrons. The van der Waals surface area contributed by atoms with Gasteiger partial charge in [-0.25, -0.2) is 4.68 Å². The number of unbranched alkanes of at least 4 members (excludes halogenated alkanes) is 1. The first-order chi connectivity index (χ1) is 9.70. The molecule has 0 aliphatic heterocycles. The average Bonchev–Trinajstić information content (AvgIpc) is 2.85. The van der Waals surface area contributed by atoms with Gasteiger partial charge in [0.1, 0.15) is 0 Å². The second kappa shape index (κ2) is 6.76. The van der Waals surface area contributed by atoms with Gasteiger partial charge in [-0.1, -0.05) is 12.1 Å². The number of benzene rings is 1. The highest BCUT2D eigenvalue weighted by molar-refractivity contribution is 5.91. The summed E-state index contributed by atoms with van der Waals surface area (Å²) in [7, 11) is 1.77. The van der Waals surface area contributed by atoms with E-state index >= 15 is 0 Å². The van der Waals surface area contributed by atoms with E-state index in [2.05, 4.69) is 20.8 Å². The van der Waals surface area contributed by atoms with Gasteiger partial charge in [-0.3, -0.25) is 4.79 Å². The van der Waals surface area contributed by atoms with E-state index in [1.54, 1.807) is 11.7 Å². The van der Waals surface area contributed by atoms with E-state index < -0.39 is 0 Å². The molecular weight excluding hydrogens is 256 g/mol. The minimum absolute atomic E-state index is 0.00769. The van der Waals surface area contributed by atoms with Gasteiger partial charge in [0.05, 0.1) is 0 Å². The number of hydrogen-bond donors (Lipinski definition) is 2. The van der Waals surface area contributed by atoms with Gasteiger partial charge in [-0.2, -0.15) is 0 Å². The van der Waals surface area contributed by atoms with Crippen LogP contribution in [0.5, 0.6) is 0 Å². The fourth-order valence-electron chi connectivity index (χ4n) is 1.86. The molecule has 7 heteroatoms. The molecule has 2 rings (SSSR count). The number of hydrogen-bond acceptors (Lipinski definition) is 5. The molecule has 1 amide bonds. The van der Waals surface area contributed by atoms with Crippen LogP contribution in [-0.2, 0) is 11.8 Å². The molecule has 0 fully saturated rings. The number of nitrogens with one attached hydrogen (secondary N) is 1. The molecule has 0 saturated carbocycles. The van der Waals surface area contributed by atoms with Gasteiger partial charge in [-0.15, -0.1) is 5.10 Å². The van der Waals surface area contributed by atoms with Crippen molar-refractivity contribution in [3.05, 3.63) is 24.3 Å². The van der Waals surface area contributed by atoms with Crippen LogP contribution in [-0.4, -0.2) is 32.7 Å². The SMILES string of the molecule is Cn1nnnc1-c1cccc(NC(=O)CCCCN)c1. The number of nitrogens with zero attached hydrogens (tertiary/aromatic N) is 4. The molecule has 0 aliphatic carbocycles. The lowest BCUT2D eigenvalue weighted by atomic mass is 10.1. The van der Waals surface area contributed by atoms with Crippen molar-refractivity contribution < 1.29 is 4.79 Å². The van der Waals surface area contributed by atoms with Crippen molar-refractivity contribution in [3.8, 4) is 11.4 Å². The number of amides is 1. The predicted octanol–water partition coefficient (Wildman–Crippen LogP) is 0.945. The van der Waals surface area contributed by atoms with E-state index in [1.807, 2.05) is 24.3 Å². The first kappa shape index (κ1) is 14.1. The Morgan fingerprint density at radius 1 is 1.40 bits per heavy atom. The molecule has 7 nitrogen and oxygen atoms in total. The summed E-state index contributed by atoms with van der Waals surface area (Å²) in [5.41, 5.74) is 7.00. The minimum atomic E-state index is -0.00769. The largest absolute Gasteiger partial charge is 0.330 e. The zero-order valence-electron chi connectivity index (χ0n) is 11.4. The monoisotopic (exact) mass is 274 g/mol. The number of nitrogens with two attached hydrogens (primary N) is 1. The van der Waals surface area contributed by atoms with E-state index in [1.165, 1.54) is 0 Å². The standard InChI is InChI=1S/C13H18N6O/c1-19-13(16-17-18-19)10-5-4-6-11(9-10)15-12(20)7-2-3-8-14/h4-6,9H,2-3,7-8,14H2,1H3,(H,15,20). The lowest BCUT2D eigenvalue weighted by Crippen LogP contribution is -2.12. The third-order valence-corrected chi connectivity index (χ3v) is 2.88. The number of aryl methyl sites for hydroxylation is 1. The Labute approximate surface area is 117 Å². The fourth-order valence-corrected chi connectivity index (χ4v) is 1.86. The Hall–Kier alpha value is -2.28. The molecule has 1 heterocycles. The Morgan fingerprint density at radius 2 is 2.25 bits per heavy atom. The van der Waals surface area contributed by atoms with Gasteiger partial charge in [0.25, 0.3) is 0 Å². The van der Waals surface area contributed by atoms with Crippen LogP contribution in [0.1, 0.15) is 19.3 Å². The molecular formula is C13H18N6O. The molecule has 1 aromatic carbocycles. The van der Waals surface area contributed by atoms with Gasteiger partial charge in [0, 0.05) is 24.7 Å². The highest BCUT2D eigenvalue weighted by atomic mass is 16.1. The van der Waals surface area contributed by atoms with E-state index in [4.69, 9.17) is 5.73 Å². The minimum Gasteiger partial charge on any atom is -0.330 e. The van der Waals surface area contributed by atoms with Crippen molar-refractivity contribution >= 4 is 11.6 Å². The second-order valence-corrected chi connectivity index (χ2v) is 4.50. The summed E-state index contributed by atoms with van der Waals surface area (Å²) in [6, 6.07) is 7.45. The first-order valence-corrected chi connectivity index (χ1v) is 6.53. The summed E-state index contributed by atoms with van der Waals surface area (Å²) >= 11 is 0. The van der Waals surface area contributed by atoms with Crippen molar-refractivity contribution in [1.82, 2.24) is 20.2 Å². The Bertz CT molecular complexity index is 580. The van der Waals surface area contributed by atoms with Crippen molar-refractivity contribution in [2.75, 3.05) is 11.9 Å². The zero-order chi connectivity index (χ0) is 14.4. The summed E-state index contributed by atoms with van der Waals surface area (Å²) < 4.78 is 1.59. The summed E-state index contributed by atoms with van der Waals surface area (Å²) in [6.07, 6.45) is 2.14. The van der Waals surface area contributed by atoms with Crippen molar-refractivity contribution in [3.63, 3.8) is 0 Å². The average molecular weight is 274 g/mol. The molecule has 3 N–H and O–H groups in total. The normalized spacial score (nSPS) is 10.5. The van der Waals surface area contributed by atoms with Crippen LogP contribution < -0.4 is 11.1 Å². The van der Waals surface area contributed by atoms with Gasteiger partial charge in [0.15, 0.2) is 5.82 Å². The van der Waals surface area contributed by atoms with Crippen LogP contribution in [0.15, 0.2) is 24.3 Å². The van der Waals surface area contributed by atoms with E-state index in [9.17, 15) is 4.79 Å². The zero-order valence-corrected chi connectivity index (χ0v) is 11.4. The molecule has 0 saturated heterocycles. The third-order valence-electron chi connectivity index (χ3n) is 2.88. The topological polar surface area (TPSA) is 98.7 Å². The number of anilines is 1. The molecule has 0 unspecified atom stereocenters. The Balaban J connectivity index is 2.03. The summed E-state index contributed by atoms with van der Waals surface area (Å²) in [5.74, 6) is 0.649. The maximum Gasteiger partial charge on any atom is 0.224 e. The van der Waals surface area contributed by atoms with Crippen LogP contribution in [0.2, 0.25) is 0 Å². The molecule has 106 valence electrons. The molecule has 0 bridgehead atoms. The van der Waals surface area contributed by atoms with Gasteiger partial charge in [0.2, 0.25) is 5.91 Å². The smallest absolute Gasteiger partial charge is 0.224 e. The lowest BCUT2D eigenvalue weighted by molar-refractivity contribution is -0.116. The van der Waals surface area contributed by atoms with Crippen LogP contribution in [0, 0.1) is 0 Å². The van der Waals surface area contributed by atoms with Crippen LogP contribution in [0.3, 0.4) is 0 Å². The summed E-state index contributed by atoms with van der Waals surface area (Å²) in [6.45, 7) is 0.613. The van der Waals surface area contributed by atoms with E-state index in [0.29, 0.717) is 18.8 Å². The quantitative estimate of drug-likeness (QED) is 0.764. The highest BCUT2D eigenvalue weighted by Crippen LogP contribution is 2.19. The number of aromatic nitrogens is 4. The van der Waals surface area contributed by atoms with Crippen molar-refractivity contribution in [1.29, 1.82) is 0 Å². The molecule has 2 aromatic rings. The summed E-state index contributed by atoms with van der Waals surface area (Å²) in [4.78, 5) is 11.8. The van der Waals surface area contributed by atoms with E-state index in [-0.39, 0.29) is 5.91 Å². The maximum absolute atomic E-state index is 11.8. The van der Waals surface area contributed by atoms with Crippen molar-refractivity contribution in [2.45, 2.75) is 19.3 Å². The third kappa shape index (κ3) is 3.61. The summed E-state index contributed by atoms with van der Waals surface area (Å²) in [5, 5.41) is 14.2. The second-order valence-electron chi connectivity index (χ2n) is 4.50. The van der Waals surface area contributed by atoms with Crippen LogP contribution in [0.25, 0.3) is 11.4 Å². The highest BCUT2D eigenvalue weighted by Gasteiger charge is 2.07. The number of carbonyl (C=O) groups excluding carboxylic acids is 1. The lowest BCUT2D eigenvalue weighted by Gasteiger charge is -2.06. The maximum atomic E-state index is 11.8. The Kier molecular flexibility index (Phi) is 4.78. The molecule has 0 aliphatic rings. The number of rotatable bonds is 6. The van der Waals surface area contributed by atoms with Crippen molar-refractivity contribution in [2.24, 2.45) is 12.8 Å².